The van der Waals surface area contributed by atoms with Crippen molar-refractivity contribution in [3.63, 3.8) is 0 Å². The van der Waals surface area contributed by atoms with E-state index in [0.717, 1.165) is 18.4 Å². The van der Waals surface area contributed by atoms with Gasteiger partial charge in [0.15, 0.2) is 0 Å². The van der Waals surface area contributed by atoms with Crippen LogP contribution >= 0.6 is 11.3 Å². The lowest BCUT2D eigenvalue weighted by Gasteiger charge is -2.19. The topological polar surface area (TPSA) is 93.4 Å². The molecule has 7 nitrogen and oxygen atoms in total. The first-order valence-corrected chi connectivity index (χ1v) is 9.60. The lowest BCUT2D eigenvalue weighted by molar-refractivity contribution is 0.0956. The molecule has 25 heavy (non-hydrogen) atoms. The summed E-state index contributed by atoms with van der Waals surface area (Å²) in [5.41, 5.74) is 5.67. The number of methoxy groups -OCH3 is 1. The van der Waals surface area contributed by atoms with E-state index in [2.05, 4.69) is 20.2 Å². The van der Waals surface area contributed by atoms with Crippen LogP contribution in [0.4, 0.5) is 5.95 Å². The standard InChI is InChI=1S/C17H25N5O2S/c1-24-15-12-11-13(25-16(12)21-17(18)20-15)14(23)19-7-6-10-22-8-4-2-3-5-9-22/h11H,2-10H2,1H3,(H,19,23)(H2,18,20,21). The fourth-order valence-corrected chi connectivity index (χ4v) is 4.08. The number of anilines is 1. The molecule has 0 saturated carbocycles. The summed E-state index contributed by atoms with van der Waals surface area (Å²) in [5.74, 6) is 0.467. The Bertz CT molecular complexity index is 725. The molecule has 3 heterocycles. The number of hydrogen-bond acceptors (Lipinski definition) is 7. The van der Waals surface area contributed by atoms with E-state index in [1.54, 1.807) is 6.07 Å². The Morgan fingerprint density at radius 2 is 2.08 bits per heavy atom. The number of aromatic nitrogens is 2. The number of rotatable bonds is 6. The van der Waals surface area contributed by atoms with Gasteiger partial charge in [-0.1, -0.05) is 12.8 Å². The van der Waals surface area contributed by atoms with Crippen LogP contribution in [0.1, 0.15) is 41.8 Å². The summed E-state index contributed by atoms with van der Waals surface area (Å²) >= 11 is 1.30. The molecule has 0 atom stereocenters. The molecule has 8 heteroatoms. The largest absolute Gasteiger partial charge is 0.480 e. The Balaban J connectivity index is 1.53. The second-order valence-electron chi connectivity index (χ2n) is 6.29. The van der Waals surface area contributed by atoms with E-state index >= 15 is 0 Å². The Morgan fingerprint density at radius 1 is 1.32 bits per heavy atom. The van der Waals surface area contributed by atoms with E-state index in [9.17, 15) is 4.79 Å². The van der Waals surface area contributed by atoms with Crippen LogP contribution in [-0.4, -0.2) is 54.1 Å². The van der Waals surface area contributed by atoms with E-state index in [-0.39, 0.29) is 11.9 Å². The summed E-state index contributed by atoms with van der Waals surface area (Å²) in [4.78, 5) is 24.4. The predicted molar refractivity (Wildman–Crippen MR) is 100 cm³/mol. The first kappa shape index (κ1) is 17.9. The van der Waals surface area contributed by atoms with Crippen LogP contribution < -0.4 is 15.8 Å². The SMILES string of the molecule is COc1nc(N)nc2sc(C(=O)NCCCN3CCCCCC3)cc12. The summed E-state index contributed by atoms with van der Waals surface area (Å²) in [6.07, 6.45) is 6.24. The van der Waals surface area contributed by atoms with Crippen LogP contribution in [0.15, 0.2) is 6.07 Å². The summed E-state index contributed by atoms with van der Waals surface area (Å²) in [5, 5.41) is 3.71. The highest BCUT2D eigenvalue weighted by Gasteiger charge is 2.15. The minimum Gasteiger partial charge on any atom is -0.480 e. The van der Waals surface area contributed by atoms with Crippen LogP contribution in [0, 0.1) is 0 Å². The minimum absolute atomic E-state index is 0.0838. The van der Waals surface area contributed by atoms with Crippen molar-refractivity contribution in [3.8, 4) is 5.88 Å². The monoisotopic (exact) mass is 363 g/mol. The third-order valence-electron chi connectivity index (χ3n) is 4.43. The fraction of sp³-hybridized carbons (Fsp3) is 0.588. The molecular weight excluding hydrogens is 338 g/mol. The third-order valence-corrected chi connectivity index (χ3v) is 5.46. The lowest BCUT2D eigenvalue weighted by atomic mass is 10.2. The quantitative estimate of drug-likeness (QED) is 0.765. The maximum absolute atomic E-state index is 12.4. The van der Waals surface area contributed by atoms with Crippen molar-refractivity contribution in [2.45, 2.75) is 32.1 Å². The van der Waals surface area contributed by atoms with Crippen molar-refractivity contribution in [1.82, 2.24) is 20.2 Å². The molecule has 0 bridgehead atoms. The number of amides is 1. The number of carbonyl (C=O) groups excluding carboxylic acids is 1. The molecule has 1 fully saturated rings. The summed E-state index contributed by atoms with van der Waals surface area (Å²) in [6.45, 7) is 4.09. The zero-order valence-electron chi connectivity index (χ0n) is 14.6. The number of ether oxygens (including phenoxy) is 1. The van der Waals surface area contributed by atoms with Gasteiger partial charge in [0.05, 0.1) is 17.4 Å². The number of nitrogen functional groups attached to an aromatic ring is 1. The van der Waals surface area contributed by atoms with Crippen molar-refractivity contribution in [3.05, 3.63) is 10.9 Å². The molecule has 3 N–H and O–H groups in total. The average Bonchev–Trinajstić information content (AvgIpc) is 2.86. The van der Waals surface area contributed by atoms with E-state index in [1.807, 2.05) is 0 Å². The molecule has 0 unspecified atom stereocenters. The first-order chi connectivity index (χ1) is 12.2. The molecule has 0 aliphatic carbocycles. The normalized spacial score (nSPS) is 15.9. The molecular formula is C17H25N5O2S. The number of carbonyl (C=O) groups is 1. The molecule has 2 aromatic heterocycles. The number of nitrogens with two attached hydrogens (primary N) is 1. The number of fused-ring (bicyclic) bond motifs is 1. The molecule has 0 radical (unpaired) electrons. The van der Waals surface area contributed by atoms with Gasteiger partial charge in [-0.05, 0) is 45.0 Å². The lowest BCUT2D eigenvalue weighted by Crippen LogP contribution is -2.30. The smallest absolute Gasteiger partial charge is 0.261 e. The number of likely N-dealkylation sites (tertiary alicyclic amines) is 1. The second kappa shape index (κ2) is 8.44. The summed E-state index contributed by atoms with van der Waals surface area (Å²) in [7, 11) is 1.53. The molecule has 136 valence electrons. The van der Waals surface area contributed by atoms with Gasteiger partial charge in [0.1, 0.15) is 4.83 Å². The Kier molecular flexibility index (Phi) is 6.04. The fourth-order valence-electron chi connectivity index (χ4n) is 3.13. The molecule has 1 aliphatic rings. The Hall–Kier alpha value is -1.93. The third kappa shape index (κ3) is 4.58. The van der Waals surface area contributed by atoms with Gasteiger partial charge < -0.3 is 20.7 Å². The highest BCUT2D eigenvalue weighted by Crippen LogP contribution is 2.30. The molecule has 0 spiro atoms. The van der Waals surface area contributed by atoms with Crippen molar-refractivity contribution in [1.29, 1.82) is 0 Å². The second-order valence-corrected chi connectivity index (χ2v) is 7.32. The van der Waals surface area contributed by atoms with Gasteiger partial charge in [0.25, 0.3) is 5.91 Å². The van der Waals surface area contributed by atoms with Gasteiger partial charge in [-0.15, -0.1) is 11.3 Å². The van der Waals surface area contributed by atoms with Gasteiger partial charge >= 0.3 is 0 Å². The van der Waals surface area contributed by atoms with Gasteiger partial charge in [-0.2, -0.15) is 4.98 Å². The van der Waals surface area contributed by atoms with Gasteiger partial charge in [-0.25, -0.2) is 4.98 Å². The highest BCUT2D eigenvalue weighted by atomic mass is 32.1. The van der Waals surface area contributed by atoms with E-state index in [1.165, 1.54) is 57.2 Å². The number of thiophene rings is 1. The van der Waals surface area contributed by atoms with Gasteiger partial charge in [0.2, 0.25) is 11.8 Å². The number of hydrogen-bond donors (Lipinski definition) is 2. The zero-order valence-corrected chi connectivity index (χ0v) is 15.4. The van der Waals surface area contributed by atoms with E-state index < -0.39 is 0 Å². The van der Waals surface area contributed by atoms with Gasteiger partial charge in [-0.3, -0.25) is 4.79 Å². The molecule has 0 aromatic carbocycles. The molecule has 1 saturated heterocycles. The zero-order chi connectivity index (χ0) is 17.6. The predicted octanol–water partition coefficient (Wildman–Crippen LogP) is 2.28. The first-order valence-electron chi connectivity index (χ1n) is 8.79. The van der Waals surface area contributed by atoms with Crippen LogP contribution in [0.3, 0.4) is 0 Å². The number of nitrogens with zero attached hydrogens (tertiary/aromatic N) is 3. The molecule has 3 rings (SSSR count). The highest BCUT2D eigenvalue weighted by molar-refractivity contribution is 7.20. The maximum Gasteiger partial charge on any atom is 0.261 e. The van der Waals surface area contributed by atoms with Crippen LogP contribution in [0.5, 0.6) is 5.88 Å². The van der Waals surface area contributed by atoms with Crippen LogP contribution in [0.2, 0.25) is 0 Å². The van der Waals surface area contributed by atoms with E-state index in [0.29, 0.717) is 22.1 Å². The Labute approximate surface area is 151 Å². The average molecular weight is 363 g/mol. The van der Waals surface area contributed by atoms with Crippen LogP contribution in [0.25, 0.3) is 10.2 Å². The molecule has 1 amide bonds. The van der Waals surface area contributed by atoms with E-state index in [4.69, 9.17) is 10.5 Å². The van der Waals surface area contributed by atoms with Crippen molar-refractivity contribution in [2.24, 2.45) is 0 Å². The maximum atomic E-state index is 12.4. The van der Waals surface area contributed by atoms with Crippen molar-refractivity contribution >= 4 is 33.4 Å². The molecule has 1 aliphatic heterocycles. The molecule has 2 aromatic rings. The summed E-state index contributed by atoms with van der Waals surface area (Å²) in [6, 6.07) is 1.77. The summed E-state index contributed by atoms with van der Waals surface area (Å²) < 4.78 is 5.22. The van der Waals surface area contributed by atoms with Crippen LogP contribution in [-0.2, 0) is 0 Å². The van der Waals surface area contributed by atoms with Crippen molar-refractivity contribution < 1.29 is 9.53 Å². The Morgan fingerprint density at radius 3 is 2.80 bits per heavy atom. The van der Waals surface area contributed by atoms with Crippen molar-refractivity contribution in [2.75, 3.05) is 39.0 Å². The van der Waals surface area contributed by atoms with Gasteiger partial charge in [0, 0.05) is 6.54 Å². The minimum atomic E-state index is -0.0838. The number of nitrogens with one attached hydrogen (secondary N) is 1.